The zero-order chi connectivity index (χ0) is 12.5. The highest BCUT2D eigenvalue weighted by molar-refractivity contribution is 7.99. The first-order valence-corrected chi connectivity index (χ1v) is 6.34. The summed E-state index contributed by atoms with van der Waals surface area (Å²) in [6, 6.07) is 7.91. The molecule has 4 heteroatoms. The predicted molar refractivity (Wildman–Crippen MR) is 70.6 cm³/mol. The lowest BCUT2D eigenvalue weighted by atomic mass is 10.1. The van der Waals surface area contributed by atoms with Gasteiger partial charge < -0.3 is 10.5 Å². The molecular weight excluding hydrogens is 234 g/mol. The van der Waals surface area contributed by atoms with E-state index in [-0.39, 0.29) is 5.97 Å². The highest BCUT2D eigenvalue weighted by Crippen LogP contribution is 2.13. The summed E-state index contributed by atoms with van der Waals surface area (Å²) < 4.78 is 4.57. The van der Waals surface area contributed by atoms with E-state index in [0.29, 0.717) is 12.3 Å². The molecule has 17 heavy (non-hydrogen) atoms. The second-order valence-corrected chi connectivity index (χ2v) is 4.26. The van der Waals surface area contributed by atoms with Crippen LogP contribution in [0.2, 0.25) is 0 Å². The van der Waals surface area contributed by atoms with Crippen molar-refractivity contribution < 1.29 is 9.53 Å². The number of thioether (sulfide) groups is 1. The monoisotopic (exact) mass is 249 g/mol. The third-order valence-corrected chi connectivity index (χ3v) is 2.96. The van der Waals surface area contributed by atoms with Crippen molar-refractivity contribution in [1.82, 2.24) is 0 Å². The molecule has 0 aliphatic heterocycles. The first kappa shape index (κ1) is 13.6. The molecule has 0 saturated carbocycles. The van der Waals surface area contributed by atoms with Gasteiger partial charge in [0, 0.05) is 11.3 Å². The van der Waals surface area contributed by atoms with Gasteiger partial charge in [0.1, 0.15) is 0 Å². The standard InChI is InChI=1S/C13H15NO2S/c1-16-13(15)10-17-9-12-5-2-4-11(8-12)6-3-7-14/h2,4-5,8H,7,9-10,14H2,1H3. The number of carbonyl (C=O) groups is 1. The van der Waals surface area contributed by atoms with Crippen LogP contribution >= 0.6 is 11.8 Å². The van der Waals surface area contributed by atoms with Crippen LogP contribution in [0.15, 0.2) is 24.3 Å². The van der Waals surface area contributed by atoms with E-state index in [2.05, 4.69) is 16.6 Å². The highest BCUT2D eigenvalue weighted by Gasteiger charge is 2.00. The molecular formula is C13H15NO2S. The van der Waals surface area contributed by atoms with E-state index >= 15 is 0 Å². The second kappa shape index (κ2) is 7.77. The summed E-state index contributed by atoms with van der Waals surface area (Å²) in [6.07, 6.45) is 0. The molecule has 1 aromatic rings. The van der Waals surface area contributed by atoms with Crippen LogP contribution in [0.25, 0.3) is 0 Å². The third kappa shape index (κ3) is 5.43. The first-order chi connectivity index (χ1) is 8.26. The van der Waals surface area contributed by atoms with Gasteiger partial charge in [-0.05, 0) is 17.7 Å². The van der Waals surface area contributed by atoms with Crippen molar-refractivity contribution in [3.8, 4) is 11.8 Å². The fourth-order valence-electron chi connectivity index (χ4n) is 1.20. The summed E-state index contributed by atoms with van der Waals surface area (Å²) in [7, 11) is 1.39. The lowest BCUT2D eigenvalue weighted by Crippen LogP contribution is -2.03. The molecule has 0 bridgehead atoms. The normalized spacial score (nSPS) is 9.29. The molecule has 1 rings (SSSR count). The van der Waals surface area contributed by atoms with Crippen molar-refractivity contribution in [1.29, 1.82) is 0 Å². The lowest BCUT2D eigenvalue weighted by molar-refractivity contribution is -0.137. The van der Waals surface area contributed by atoms with Gasteiger partial charge in [0.15, 0.2) is 0 Å². The van der Waals surface area contributed by atoms with Crippen LogP contribution in [0.4, 0.5) is 0 Å². The Labute approximate surface area is 106 Å². The van der Waals surface area contributed by atoms with E-state index in [1.165, 1.54) is 18.9 Å². The maximum atomic E-state index is 10.9. The zero-order valence-corrected chi connectivity index (χ0v) is 10.5. The molecule has 0 aliphatic rings. The summed E-state index contributed by atoms with van der Waals surface area (Å²) >= 11 is 1.52. The number of nitrogens with two attached hydrogens (primary N) is 1. The van der Waals surface area contributed by atoms with Crippen LogP contribution < -0.4 is 5.73 Å². The van der Waals surface area contributed by atoms with Crippen LogP contribution in [0, 0.1) is 11.8 Å². The number of hydrogen-bond donors (Lipinski definition) is 1. The van der Waals surface area contributed by atoms with Crippen LogP contribution in [-0.4, -0.2) is 25.4 Å². The van der Waals surface area contributed by atoms with E-state index < -0.39 is 0 Å². The summed E-state index contributed by atoms with van der Waals surface area (Å²) in [4.78, 5) is 10.9. The Kier molecular flexibility index (Phi) is 6.23. The molecule has 0 spiro atoms. The Morgan fingerprint density at radius 2 is 2.35 bits per heavy atom. The second-order valence-electron chi connectivity index (χ2n) is 3.28. The minimum Gasteiger partial charge on any atom is -0.468 e. The van der Waals surface area contributed by atoms with Crippen molar-refractivity contribution in [2.24, 2.45) is 5.73 Å². The Bertz CT molecular complexity index is 435. The summed E-state index contributed by atoms with van der Waals surface area (Å²) in [5.74, 6) is 6.73. The largest absolute Gasteiger partial charge is 0.468 e. The number of ether oxygens (including phenoxy) is 1. The predicted octanol–water partition coefficient (Wildman–Crippen LogP) is 1.40. The van der Waals surface area contributed by atoms with E-state index in [1.54, 1.807) is 0 Å². The molecule has 0 radical (unpaired) electrons. The molecule has 0 unspecified atom stereocenters. The third-order valence-electron chi connectivity index (χ3n) is 1.98. The Morgan fingerprint density at radius 1 is 1.53 bits per heavy atom. The van der Waals surface area contributed by atoms with Gasteiger partial charge in [-0.3, -0.25) is 4.79 Å². The van der Waals surface area contributed by atoms with Gasteiger partial charge >= 0.3 is 5.97 Å². The zero-order valence-electron chi connectivity index (χ0n) is 9.73. The summed E-state index contributed by atoms with van der Waals surface area (Å²) in [5.41, 5.74) is 7.41. The van der Waals surface area contributed by atoms with Gasteiger partial charge in [-0.15, -0.1) is 11.8 Å². The maximum Gasteiger partial charge on any atom is 0.315 e. The molecule has 0 fully saturated rings. The number of rotatable bonds is 4. The first-order valence-electron chi connectivity index (χ1n) is 5.18. The molecule has 0 heterocycles. The van der Waals surface area contributed by atoms with Crippen molar-refractivity contribution in [3.05, 3.63) is 35.4 Å². The molecule has 3 nitrogen and oxygen atoms in total. The highest BCUT2D eigenvalue weighted by atomic mass is 32.2. The van der Waals surface area contributed by atoms with Crippen molar-refractivity contribution in [3.63, 3.8) is 0 Å². The molecule has 0 amide bonds. The van der Waals surface area contributed by atoms with Gasteiger partial charge in [0.05, 0.1) is 19.4 Å². The van der Waals surface area contributed by atoms with E-state index in [9.17, 15) is 4.79 Å². The Morgan fingerprint density at radius 3 is 3.06 bits per heavy atom. The van der Waals surface area contributed by atoms with Gasteiger partial charge in [0.25, 0.3) is 0 Å². The fraction of sp³-hybridized carbons (Fsp3) is 0.308. The number of esters is 1. The van der Waals surface area contributed by atoms with Crippen molar-refractivity contribution in [2.45, 2.75) is 5.75 Å². The molecule has 0 aromatic heterocycles. The van der Waals surface area contributed by atoms with E-state index in [4.69, 9.17) is 5.73 Å². The van der Waals surface area contributed by atoms with Gasteiger partial charge in [-0.1, -0.05) is 24.0 Å². The van der Waals surface area contributed by atoms with E-state index in [1.807, 2.05) is 24.3 Å². The topological polar surface area (TPSA) is 52.3 Å². The average molecular weight is 249 g/mol. The van der Waals surface area contributed by atoms with Crippen molar-refractivity contribution in [2.75, 3.05) is 19.4 Å². The molecule has 0 atom stereocenters. The summed E-state index contributed by atoms with van der Waals surface area (Å²) in [5, 5.41) is 0. The van der Waals surface area contributed by atoms with Gasteiger partial charge in [0.2, 0.25) is 0 Å². The fourth-order valence-corrected chi connectivity index (χ4v) is 2.00. The minimum atomic E-state index is -0.200. The number of methoxy groups -OCH3 is 1. The average Bonchev–Trinajstić information content (AvgIpc) is 2.36. The van der Waals surface area contributed by atoms with E-state index in [0.717, 1.165) is 16.9 Å². The quantitative estimate of drug-likeness (QED) is 0.647. The molecule has 0 aliphatic carbocycles. The van der Waals surface area contributed by atoms with Gasteiger partial charge in [-0.2, -0.15) is 0 Å². The minimum absolute atomic E-state index is 0.200. The van der Waals surface area contributed by atoms with Crippen LogP contribution in [0.1, 0.15) is 11.1 Å². The number of hydrogen-bond acceptors (Lipinski definition) is 4. The molecule has 90 valence electrons. The molecule has 2 N–H and O–H groups in total. The number of carbonyl (C=O) groups excluding carboxylic acids is 1. The van der Waals surface area contributed by atoms with Crippen LogP contribution in [0.3, 0.4) is 0 Å². The summed E-state index contributed by atoms with van der Waals surface area (Å²) in [6.45, 7) is 0.362. The lowest BCUT2D eigenvalue weighted by Gasteiger charge is -2.01. The maximum absolute atomic E-state index is 10.9. The molecule has 0 saturated heterocycles. The van der Waals surface area contributed by atoms with Crippen LogP contribution in [0.5, 0.6) is 0 Å². The van der Waals surface area contributed by atoms with Gasteiger partial charge in [-0.25, -0.2) is 0 Å². The SMILES string of the molecule is COC(=O)CSCc1cccc(C#CCN)c1. The number of benzene rings is 1. The smallest absolute Gasteiger partial charge is 0.315 e. The molecule has 1 aromatic carbocycles. The van der Waals surface area contributed by atoms with Crippen molar-refractivity contribution >= 4 is 17.7 Å². The van der Waals surface area contributed by atoms with Crippen LogP contribution in [-0.2, 0) is 15.3 Å². The Balaban J connectivity index is 2.51. The Hall–Kier alpha value is -1.44.